The third-order valence-corrected chi connectivity index (χ3v) is 4.27. The first-order chi connectivity index (χ1) is 8.31. The Hall–Kier alpha value is -0.570. The second-order valence-corrected chi connectivity index (χ2v) is 5.35. The lowest BCUT2D eigenvalue weighted by Crippen LogP contribution is -2.47. The molecule has 0 spiro atoms. The molecule has 0 unspecified atom stereocenters. The van der Waals surface area contributed by atoms with E-state index in [0.717, 1.165) is 18.5 Å². The van der Waals surface area contributed by atoms with Gasteiger partial charge in [-0.05, 0) is 45.1 Å². The van der Waals surface area contributed by atoms with E-state index in [1.165, 1.54) is 45.1 Å². The molecular weight excluding hydrogens is 214 g/mol. The highest BCUT2D eigenvalue weighted by Gasteiger charge is 2.32. The number of carbonyl (C=O) groups excluding carboxylic acids is 1. The highest BCUT2D eigenvalue weighted by Crippen LogP contribution is 2.35. The number of hydrogen-bond acceptors (Lipinski definition) is 3. The number of esters is 1. The molecule has 98 valence electrons. The Labute approximate surface area is 105 Å². The fourth-order valence-electron chi connectivity index (χ4n) is 3.47. The van der Waals surface area contributed by atoms with Gasteiger partial charge in [-0.25, -0.2) is 0 Å². The summed E-state index contributed by atoms with van der Waals surface area (Å²) in [6, 6.07) is 0.756. The van der Waals surface area contributed by atoms with E-state index in [4.69, 9.17) is 4.74 Å². The summed E-state index contributed by atoms with van der Waals surface area (Å²) in [6.07, 6.45) is 8.81. The molecule has 0 aromatic rings. The molecule has 17 heavy (non-hydrogen) atoms. The number of rotatable bonds is 4. The van der Waals surface area contributed by atoms with Crippen LogP contribution in [0.25, 0.3) is 0 Å². The van der Waals surface area contributed by atoms with Gasteiger partial charge < -0.3 is 4.74 Å². The zero-order valence-corrected chi connectivity index (χ0v) is 11.0. The summed E-state index contributed by atoms with van der Waals surface area (Å²) < 4.78 is 5.00. The largest absolute Gasteiger partial charge is 0.466 e. The summed E-state index contributed by atoms with van der Waals surface area (Å²) in [5.74, 6) is 0.866. The summed E-state index contributed by atoms with van der Waals surface area (Å²) in [5, 5.41) is 0. The van der Waals surface area contributed by atoms with Crippen molar-refractivity contribution in [3.05, 3.63) is 0 Å². The fraction of sp³-hybridized carbons (Fsp3) is 0.929. The van der Waals surface area contributed by atoms with E-state index in [9.17, 15) is 4.79 Å². The van der Waals surface area contributed by atoms with E-state index in [2.05, 4.69) is 4.90 Å². The Morgan fingerprint density at radius 1 is 1.24 bits per heavy atom. The molecule has 0 aromatic carbocycles. The van der Waals surface area contributed by atoms with Crippen LogP contribution in [0, 0.1) is 5.92 Å². The fourth-order valence-corrected chi connectivity index (χ4v) is 3.47. The molecule has 2 fully saturated rings. The number of carbonyl (C=O) groups is 1. The van der Waals surface area contributed by atoms with Crippen molar-refractivity contribution in [2.45, 2.75) is 57.9 Å². The first-order valence-corrected chi connectivity index (χ1v) is 7.21. The van der Waals surface area contributed by atoms with Crippen LogP contribution in [-0.2, 0) is 9.53 Å². The highest BCUT2D eigenvalue weighted by atomic mass is 16.5. The Kier molecular flexibility index (Phi) is 4.84. The standard InChI is InChI=1S/C14H25NO2/c1-2-17-14(16)9-11-15-10-5-7-12-6-3-4-8-13(12)15/h12-13H,2-11H2,1H3/t12-,13-/m1/s1. The van der Waals surface area contributed by atoms with Crippen molar-refractivity contribution in [2.75, 3.05) is 19.7 Å². The van der Waals surface area contributed by atoms with E-state index in [1.54, 1.807) is 0 Å². The predicted molar refractivity (Wildman–Crippen MR) is 67.8 cm³/mol. The van der Waals surface area contributed by atoms with Crippen molar-refractivity contribution in [1.82, 2.24) is 4.90 Å². The Bertz CT molecular complexity index is 253. The molecule has 1 saturated carbocycles. The average molecular weight is 239 g/mol. The van der Waals surface area contributed by atoms with Crippen LogP contribution in [0.5, 0.6) is 0 Å². The van der Waals surface area contributed by atoms with E-state index in [-0.39, 0.29) is 5.97 Å². The maximum atomic E-state index is 11.4. The summed E-state index contributed by atoms with van der Waals surface area (Å²) in [4.78, 5) is 13.9. The maximum absolute atomic E-state index is 11.4. The van der Waals surface area contributed by atoms with E-state index in [1.807, 2.05) is 6.92 Å². The Morgan fingerprint density at radius 2 is 2.00 bits per heavy atom. The van der Waals surface area contributed by atoms with Crippen molar-refractivity contribution in [2.24, 2.45) is 5.92 Å². The quantitative estimate of drug-likeness (QED) is 0.706. The van der Waals surface area contributed by atoms with Crippen molar-refractivity contribution >= 4 is 5.97 Å². The van der Waals surface area contributed by atoms with E-state index < -0.39 is 0 Å². The lowest BCUT2D eigenvalue weighted by molar-refractivity contribution is -0.143. The summed E-state index contributed by atoms with van der Waals surface area (Å²) >= 11 is 0. The monoisotopic (exact) mass is 239 g/mol. The summed E-state index contributed by atoms with van der Waals surface area (Å²) in [6.45, 7) is 4.46. The van der Waals surface area contributed by atoms with E-state index in [0.29, 0.717) is 13.0 Å². The zero-order valence-electron chi connectivity index (χ0n) is 11.0. The van der Waals surface area contributed by atoms with Gasteiger partial charge in [0.1, 0.15) is 0 Å². The normalized spacial score (nSPS) is 29.7. The molecule has 0 bridgehead atoms. The molecule has 1 heterocycles. The van der Waals surface area contributed by atoms with Gasteiger partial charge in [-0.15, -0.1) is 0 Å². The molecular formula is C14H25NO2. The minimum Gasteiger partial charge on any atom is -0.466 e. The molecule has 3 nitrogen and oxygen atoms in total. The number of fused-ring (bicyclic) bond motifs is 1. The van der Waals surface area contributed by atoms with Gasteiger partial charge in [0.15, 0.2) is 0 Å². The van der Waals surface area contributed by atoms with Crippen LogP contribution in [0.4, 0.5) is 0 Å². The van der Waals surface area contributed by atoms with Gasteiger partial charge >= 0.3 is 5.97 Å². The van der Waals surface area contributed by atoms with Crippen molar-refractivity contribution < 1.29 is 9.53 Å². The summed E-state index contributed by atoms with van der Waals surface area (Å²) in [5.41, 5.74) is 0. The second kappa shape index (κ2) is 6.39. The van der Waals surface area contributed by atoms with Crippen molar-refractivity contribution in [3.63, 3.8) is 0 Å². The number of piperidine rings is 1. The smallest absolute Gasteiger partial charge is 0.307 e. The number of likely N-dealkylation sites (tertiary alicyclic amines) is 1. The van der Waals surface area contributed by atoms with Crippen LogP contribution in [-0.4, -0.2) is 36.6 Å². The van der Waals surface area contributed by atoms with Gasteiger partial charge in [-0.3, -0.25) is 9.69 Å². The van der Waals surface area contributed by atoms with Crippen LogP contribution in [0.3, 0.4) is 0 Å². The Morgan fingerprint density at radius 3 is 2.82 bits per heavy atom. The van der Waals surface area contributed by atoms with Crippen LogP contribution in [0.2, 0.25) is 0 Å². The van der Waals surface area contributed by atoms with Crippen molar-refractivity contribution in [1.29, 1.82) is 0 Å². The number of hydrogen-bond donors (Lipinski definition) is 0. The molecule has 2 aliphatic rings. The molecule has 1 aliphatic heterocycles. The maximum Gasteiger partial charge on any atom is 0.307 e. The molecule has 0 amide bonds. The lowest BCUT2D eigenvalue weighted by atomic mass is 9.78. The van der Waals surface area contributed by atoms with Crippen LogP contribution >= 0.6 is 0 Å². The van der Waals surface area contributed by atoms with E-state index >= 15 is 0 Å². The first-order valence-electron chi connectivity index (χ1n) is 7.21. The molecule has 0 N–H and O–H groups in total. The molecule has 0 aromatic heterocycles. The van der Waals surface area contributed by atoms with Crippen LogP contribution in [0.1, 0.15) is 51.9 Å². The number of nitrogens with zero attached hydrogens (tertiary/aromatic N) is 1. The SMILES string of the molecule is CCOC(=O)CCN1CCC[C@H]2CCCC[C@H]21. The molecule has 2 atom stereocenters. The van der Waals surface area contributed by atoms with Gasteiger partial charge in [-0.1, -0.05) is 12.8 Å². The minimum atomic E-state index is -0.0366. The second-order valence-electron chi connectivity index (χ2n) is 5.35. The van der Waals surface area contributed by atoms with Gasteiger partial charge in [0.25, 0.3) is 0 Å². The molecule has 2 rings (SSSR count). The summed E-state index contributed by atoms with van der Waals surface area (Å²) in [7, 11) is 0. The van der Waals surface area contributed by atoms with Gasteiger partial charge in [-0.2, -0.15) is 0 Å². The van der Waals surface area contributed by atoms with Crippen LogP contribution in [0.15, 0.2) is 0 Å². The lowest BCUT2D eigenvalue weighted by Gasteiger charge is -2.44. The topological polar surface area (TPSA) is 29.5 Å². The van der Waals surface area contributed by atoms with Gasteiger partial charge in [0.05, 0.1) is 13.0 Å². The Balaban J connectivity index is 1.80. The van der Waals surface area contributed by atoms with Gasteiger partial charge in [0.2, 0.25) is 0 Å². The molecule has 1 aliphatic carbocycles. The third-order valence-electron chi connectivity index (χ3n) is 4.27. The minimum absolute atomic E-state index is 0.0366. The van der Waals surface area contributed by atoms with Crippen LogP contribution < -0.4 is 0 Å². The molecule has 0 radical (unpaired) electrons. The average Bonchev–Trinajstić information content (AvgIpc) is 2.36. The zero-order chi connectivity index (χ0) is 12.1. The molecule has 3 heteroatoms. The highest BCUT2D eigenvalue weighted by molar-refractivity contribution is 5.69. The number of ether oxygens (including phenoxy) is 1. The molecule has 1 saturated heterocycles. The predicted octanol–water partition coefficient (Wildman–Crippen LogP) is 2.59. The van der Waals surface area contributed by atoms with Gasteiger partial charge in [0, 0.05) is 12.6 Å². The first kappa shape index (κ1) is 12.9. The third kappa shape index (κ3) is 3.44. The van der Waals surface area contributed by atoms with Crippen molar-refractivity contribution in [3.8, 4) is 0 Å².